The zero-order valence-corrected chi connectivity index (χ0v) is 13.1. The highest BCUT2D eigenvalue weighted by Crippen LogP contribution is 2.31. The molecule has 0 atom stereocenters. The minimum atomic E-state index is -0.149. The minimum Gasteiger partial charge on any atom is -0.497 e. The lowest BCUT2D eigenvalue weighted by Crippen LogP contribution is -1.95. The van der Waals surface area contributed by atoms with Crippen molar-refractivity contribution in [3.05, 3.63) is 48.4 Å². The predicted molar refractivity (Wildman–Crippen MR) is 86.5 cm³/mol. The van der Waals surface area contributed by atoms with Crippen molar-refractivity contribution in [3.63, 3.8) is 0 Å². The Hall–Kier alpha value is -2.64. The van der Waals surface area contributed by atoms with Crippen molar-refractivity contribution in [1.29, 1.82) is 0 Å². The number of aliphatic hydroxyl groups is 1. The number of ether oxygens (including phenoxy) is 1. The number of furan rings is 1. The Morgan fingerprint density at radius 3 is 2.74 bits per heavy atom. The summed E-state index contributed by atoms with van der Waals surface area (Å²) >= 11 is 1.42. The third kappa shape index (κ3) is 2.30. The first kappa shape index (κ1) is 14.0. The molecule has 0 spiro atoms. The van der Waals surface area contributed by atoms with Gasteiger partial charge in [-0.15, -0.1) is 0 Å². The van der Waals surface area contributed by atoms with E-state index in [1.165, 1.54) is 11.3 Å². The van der Waals surface area contributed by atoms with E-state index in [-0.39, 0.29) is 6.61 Å². The topological polar surface area (TPSA) is 72.8 Å². The molecule has 0 bridgehead atoms. The Bertz CT molecular complexity index is 939. The molecular weight excluding hydrogens is 314 g/mol. The zero-order chi connectivity index (χ0) is 15.8. The molecule has 0 aliphatic carbocycles. The first-order valence-electron chi connectivity index (χ1n) is 6.97. The Balaban J connectivity index is 1.82. The number of hydrogen-bond acceptors (Lipinski definition) is 6. The van der Waals surface area contributed by atoms with E-state index in [0.717, 1.165) is 22.0 Å². The molecule has 116 valence electrons. The second kappa shape index (κ2) is 5.53. The molecule has 0 saturated heterocycles. The maximum atomic E-state index is 9.76. The van der Waals surface area contributed by atoms with Crippen molar-refractivity contribution in [3.8, 4) is 27.8 Å². The largest absolute Gasteiger partial charge is 0.497 e. The molecule has 4 aromatic rings. The molecule has 0 radical (unpaired) electrons. The highest BCUT2D eigenvalue weighted by Gasteiger charge is 2.18. The first-order chi connectivity index (χ1) is 11.3. The van der Waals surface area contributed by atoms with Gasteiger partial charge in [-0.05, 0) is 36.4 Å². The van der Waals surface area contributed by atoms with E-state index < -0.39 is 0 Å². The van der Waals surface area contributed by atoms with Crippen molar-refractivity contribution in [2.24, 2.45) is 0 Å². The summed E-state index contributed by atoms with van der Waals surface area (Å²) in [6.45, 7) is -0.149. The number of rotatable bonds is 4. The van der Waals surface area contributed by atoms with Crippen molar-refractivity contribution >= 4 is 16.3 Å². The summed E-state index contributed by atoms with van der Waals surface area (Å²) in [7, 11) is 1.63. The fourth-order valence-electron chi connectivity index (χ4n) is 2.41. The van der Waals surface area contributed by atoms with Crippen LogP contribution in [0.2, 0.25) is 0 Å². The molecule has 1 N–H and O–H groups in total. The molecule has 7 heteroatoms. The number of aromatic nitrogens is 3. The number of fused-ring (bicyclic) bond motifs is 1. The summed E-state index contributed by atoms with van der Waals surface area (Å²) in [5, 5.41) is 15.0. The van der Waals surface area contributed by atoms with Gasteiger partial charge in [-0.1, -0.05) is 11.3 Å². The maximum Gasteiger partial charge on any atom is 0.213 e. The van der Waals surface area contributed by atoms with Crippen LogP contribution in [0, 0.1) is 0 Å². The molecule has 3 heterocycles. The SMILES string of the molecule is COc1ccc(-c2nc3sc(-c4ccco4)nn3c2CO)cc1. The standard InChI is InChI=1S/C16H13N3O3S/c1-21-11-6-4-10(5-7-11)14-12(9-20)19-16(17-14)23-15(18-19)13-3-2-8-22-13/h2-8,20H,9H2,1H3. The van der Waals surface area contributed by atoms with Crippen LogP contribution in [0.4, 0.5) is 0 Å². The van der Waals surface area contributed by atoms with Crippen LogP contribution in [0.25, 0.3) is 27.0 Å². The molecule has 0 fully saturated rings. The highest BCUT2D eigenvalue weighted by atomic mass is 32.1. The van der Waals surface area contributed by atoms with Gasteiger partial charge < -0.3 is 14.3 Å². The number of aliphatic hydroxyl groups excluding tert-OH is 1. The van der Waals surface area contributed by atoms with Gasteiger partial charge in [-0.25, -0.2) is 9.50 Å². The van der Waals surface area contributed by atoms with Gasteiger partial charge in [0.2, 0.25) is 4.96 Å². The van der Waals surface area contributed by atoms with E-state index in [1.807, 2.05) is 36.4 Å². The average molecular weight is 327 g/mol. The molecule has 0 saturated carbocycles. The second-order valence-corrected chi connectivity index (χ2v) is 5.83. The fourth-order valence-corrected chi connectivity index (χ4v) is 3.30. The molecule has 23 heavy (non-hydrogen) atoms. The van der Waals surface area contributed by atoms with Crippen molar-refractivity contribution < 1.29 is 14.3 Å². The molecule has 1 aromatic carbocycles. The molecule has 0 unspecified atom stereocenters. The number of benzene rings is 1. The molecule has 3 aromatic heterocycles. The first-order valence-corrected chi connectivity index (χ1v) is 7.79. The predicted octanol–water partition coefficient (Wildman–Crippen LogP) is 3.22. The normalized spacial score (nSPS) is 11.2. The van der Waals surface area contributed by atoms with Crippen LogP contribution in [-0.4, -0.2) is 26.8 Å². The van der Waals surface area contributed by atoms with Gasteiger partial charge in [0.05, 0.1) is 31.4 Å². The number of nitrogens with zero attached hydrogens (tertiary/aromatic N) is 3. The molecule has 6 nitrogen and oxygen atoms in total. The van der Waals surface area contributed by atoms with Gasteiger partial charge in [0.1, 0.15) is 5.75 Å². The maximum absolute atomic E-state index is 9.76. The number of imidazole rings is 1. The number of methoxy groups -OCH3 is 1. The van der Waals surface area contributed by atoms with E-state index in [1.54, 1.807) is 17.9 Å². The van der Waals surface area contributed by atoms with E-state index in [9.17, 15) is 5.11 Å². The van der Waals surface area contributed by atoms with Crippen LogP contribution in [0.1, 0.15) is 5.69 Å². The van der Waals surface area contributed by atoms with Gasteiger partial charge in [-0.2, -0.15) is 5.10 Å². The molecular formula is C16H13N3O3S. The summed E-state index contributed by atoms with van der Waals surface area (Å²) in [6, 6.07) is 11.2. The van der Waals surface area contributed by atoms with Gasteiger partial charge in [0.15, 0.2) is 10.8 Å². The van der Waals surface area contributed by atoms with Crippen LogP contribution >= 0.6 is 11.3 Å². The lowest BCUT2D eigenvalue weighted by atomic mass is 10.1. The quantitative estimate of drug-likeness (QED) is 0.623. The van der Waals surface area contributed by atoms with Gasteiger partial charge in [-0.3, -0.25) is 0 Å². The van der Waals surface area contributed by atoms with Crippen LogP contribution in [0.15, 0.2) is 47.1 Å². The highest BCUT2D eigenvalue weighted by molar-refractivity contribution is 7.19. The van der Waals surface area contributed by atoms with Gasteiger partial charge in [0, 0.05) is 5.56 Å². The fraction of sp³-hybridized carbons (Fsp3) is 0.125. The third-order valence-electron chi connectivity index (χ3n) is 3.54. The van der Waals surface area contributed by atoms with Crippen LogP contribution < -0.4 is 4.74 Å². The van der Waals surface area contributed by atoms with E-state index >= 15 is 0 Å². The Kier molecular flexibility index (Phi) is 3.36. The monoisotopic (exact) mass is 327 g/mol. The van der Waals surface area contributed by atoms with Crippen LogP contribution in [0.5, 0.6) is 5.75 Å². The Morgan fingerprint density at radius 2 is 2.09 bits per heavy atom. The lowest BCUT2D eigenvalue weighted by molar-refractivity contribution is 0.275. The summed E-state index contributed by atoms with van der Waals surface area (Å²) in [6.07, 6.45) is 1.61. The zero-order valence-electron chi connectivity index (χ0n) is 12.3. The summed E-state index contributed by atoms with van der Waals surface area (Å²) in [5.74, 6) is 1.47. The molecule has 4 rings (SSSR count). The molecule has 0 aliphatic heterocycles. The van der Waals surface area contributed by atoms with Gasteiger partial charge in [0.25, 0.3) is 0 Å². The Labute approximate surface area is 135 Å². The van der Waals surface area contributed by atoms with Gasteiger partial charge >= 0.3 is 0 Å². The van der Waals surface area contributed by atoms with Crippen molar-refractivity contribution in [2.75, 3.05) is 7.11 Å². The van der Waals surface area contributed by atoms with Crippen molar-refractivity contribution in [1.82, 2.24) is 14.6 Å². The Morgan fingerprint density at radius 1 is 1.26 bits per heavy atom. The smallest absolute Gasteiger partial charge is 0.213 e. The van der Waals surface area contributed by atoms with Crippen LogP contribution in [0.3, 0.4) is 0 Å². The molecule has 0 amide bonds. The summed E-state index contributed by atoms with van der Waals surface area (Å²) < 4.78 is 12.2. The summed E-state index contributed by atoms with van der Waals surface area (Å²) in [5.41, 5.74) is 2.28. The third-order valence-corrected chi connectivity index (χ3v) is 4.46. The molecule has 0 aliphatic rings. The van der Waals surface area contributed by atoms with E-state index in [0.29, 0.717) is 16.4 Å². The van der Waals surface area contributed by atoms with E-state index in [4.69, 9.17) is 9.15 Å². The van der Waals surface area contributed by atoms with Crippen LogP contribution in [-0.2, 0) is 6.61 Å². The minimum absolute atomic E-state index is 0.149. The van der Waals surface area contributed by atoms with E-state index in [2.05, 4.69) is 10.1 Å². The number of hydrogen-bond donors (Lipinski definition) is 1. The average Bonchev–Trinajstić information content (AvgIpc) is 3.29. The lowest BCUT2D eigenvalue weighted by Gasteiger charge is -2.03. The van der Waals surface area contributed by atoms with Crippen molar-refractivity contribution in [2.45, 2.75) is 6.61 Å². The second-order valence-electron chi connectivity index (χ2n) is 4.87. The summed E-state index contributed by atoms with van der Waals surface area (Å²) in [4.78, 5) is 5.33.